The number of nitrogens with zero attached hydrogens (tertiary/aromatic N) is 3. The molecule has 0 spiro atoms. The lowest BCUT2D eigenvalue weighted by Gasteiger charge is -2.03. The zero-order valence-electron chi connectivity index (χ0n) is 16.7. The number of aromatic nitrogens is 4. The molecule has 0 saturated heterocycles. The minimum Gasteiger partial charge on any atom is -0.497 e. The molecule has 5 aromatic rings. The molecule has 5 rings (SSSR count). The molecule has 0 saturated carbocycles. The number of fused-ring (bicyclic) bond motifs is 3. The van der Waals surface area contributed by atoms with Gasteiger partial charge in [-0.15, -0.1) is 11.3 Å². The first-order chi connectivity index (χ1) is 15.0. The average molecular weight is 431 g/mol. The quantitative estimate of drug-likeness (QED) is 0.450. The standard InChI is InChI=1S/C22H17N5O3S/c1-12-18(13-7-9-14(30-2)10-8-13)24-22(31-12)26-21(29)16-11-23-27-17-6-4-3-5-15(17)20(28)25-19(16)27/h3-11H,1-2H3,(H,25,28)(H,24,26,29). The molecule has 0 atom stereocenters. The molecule has 0 radical (unpaired) electrons. The van der Waals surface area contributed by atoms with E-state index in [0.29, 0.717) is 21.7 Å². The van der Waals surface area contributed by atoms with Gasteiger partial charge in [-0.25, -0.2) is 9.50 Å². The zero-order chi connectivity index (χ0) is 21.5. The van der Waals surface area contributed by atoms with E-state index < -0.39 is 5.91 Å². The fourth-order valence-corrected chi connectivity index (χ4v) is 4.30. The Morgan fingerprint density at radius 2 is 1.94 bits per heavy atom. The number of amides is 1. The largest absolute Gasteiger partial charge is 0.497 e. The van der Waals surface area contributed by atoms with Crippen molar-refractivity contribution >= 4 is 38.9 Å². The van der Waals surface area contributed by atoms with Crippen LogP contribution in [-0.4, -0.2) is 32.6 Å². The Labute approximate surface area is 180 Å². The number of H-pyrrole nitrogens is 1. The maximum atomic E-state index is 12.9. The van der Waals surface area contributed by atoms with Crippen molar-refractivity contribution in [2.75, 3.05) is 12.4 Å². The molecule has 31 heavy (non-hydrogen) atoms. The molecule has 9 heteroatoms. The van der Waals surface area contributed by atoms with Gasteiger partial charge in [-0.1, -0.05) is 12.1 Å². The van der Waals surface area contributed by atoms with Crippen LogP contribution in [0.5, 0.6) is 5.75 Å². The number of aryl methyl sites for hydroxylation is 1. The normalized spacial score (nSPS) is 11.2. The molecule has 0 aliphatic rings. The Balaban J connectivity index is 1.48. The average Bonchev–Trinajstić information content (AvgIpc) is 3.37. The summed E-state index contributed by atoms with van der Waals surface area (Å²) in [6.45, 7) is 1.95. The van der Waals surface area contributed by atoms with Crippen LogP contribution < -0.4 is 15.6 Å². The minimum absolute atomic E-state index is 0.265. The molecule has 0 aliphatic carbocycles. The van der Waals surface area contributed by atoms with Crippen molar-refractivity contribution in [3.63, 3.8) is 0 Å². The first kappa shape index (κ1) is 19.0. The molecule has 3 heterocycles. The second kappa shape index (κ2) is 7.37. The molecule has 2 aromatic carbocycles. The topological polar surface area (TPSA) is 101 Å². The molecule has 0 unspecified atom stereocenters. The molecule has 2 N–H and O–H groups in total. The summed E-state index contributed by atoms with van der Waals surface area (Å²) in [5.41, 5.74) is 2.69. The lowest BCUT2D eigenvalue weighted by molar-refractivity contribution is 0.102. The van der Waals surface area contributed by atoms with E-state index >= 15 is 0 Å². The van der Waals surface area contributed by atoms with E-state index in [1.54, 1.807) is 29.8 Å². The fraction of sp³-hybridized carbons (Fsp3) is 0.0909. The van der Waals surface area contributed by atoms with Crippen LogP contribution in [0.15, 0.2) is 59.5 Å². The Morgan fingerprint density at radius 3 is 2.71 bits per heavy atom. The third kappa shape index (κ3) is 3.24. The summed E-state index contributed by atoms with van der Waals surface area (Å²) in [7, 11) is 1.62. The number of anilines is 1. The number of methoxy groups -OCH3 is 1. The number of thiazole rings is 1. The number of ether oxygens (including phenoxy) is 1. The lowest BCUT2D eigenvalue weighted by atomic mass is 10.1. The molecule has 3 aromatic heterocycles. The molecular formula is C22H17N5O3S. The van der Waals surface area contributed by atoms with E-state index in [1.807, 2.05) is 37.3 Å². The summed E-state index contributed by atoms with van der Waals surface area (Å²) in [6, 6.07) is 14.7. The smallest absolute Gasteiger partial charge is 0.262 e. The highest BCUT2D eigenvalue weighted by Crippen LogP contribution is 2.31. The molecule has 0 aliphatic heterocycles. The van der Waals surface area contributed by atoms with Gasteiger partial charge in [0.05, 0.1) is 29.9 Å². The number of hydrogen-bond donors (Lipinski definition) is 2. The SMILES string of the molecule is COc1ccc(-c2nc(NC(=O)c3cnn4c3[nH]c(=O)c3ccccc34)sc2C)cc1. The summed E-state index contributed by atoms with van der Waals surface area (Å²) in [4.78, 5) is 33.7. The van der Waals surface area contributed by atoms with Crippen molar-refractivity contribution < 1.29 is 9.53 Å². The molecule has 0 bridgehead atoms. The van der Waals surface area contributed by atoms with Gasteiger partial charge < -0.3 is 9.72 Å². The monoisotopic (exact) mass is 431 g/mol. The van der Waals surface area contributed by atoms with Crippen LogP contribution in [-0.2, 0) is 0 Å². The summed E-state index contributed by atoms with van der Waals surface area (Å²) in [5.74, 6) is 0.371. The molecule has 154 valence electrons. The van der Waals surface area contributed by atoms with Gasteiger partial charge in [0.1, 0.15) is 17.0 Å². The zero-order valence-corrected chi connectivity index (χ0v) is 17.5. The van der Waals surface area contributed by atoms with E-state index in [1.165, 1.54) is 17.5 Å². The van der Waals surface area contributed by atoms with Crippen LogP contribution in [0.3, 0.4) is 0 Å². The van der Waals surface area contributed by atoms with Crippen molar-refractivity contribution in [1.29, 1.82) is 0 Å². The van der Waals surface area contributed by atoms with Crippen LogP contribution in [0, 0.1) is 6.92 Å². The third-order valence-electron chi connectivity index (χ3n) is 5.00. The van der Waals surface area contributed by atoms with E-state index in [2.05, 4.69) is 20.4 Å². The van der Waals surface area contributed by atoms with Gasteiger partial charge in [-0.3, -0.25) is 14.9 Å². The van der Waals surface area contributed by atoms with Crippen molar-refractivity contribution in [3.8, 4) is 17.0 Å². The maximum absolute atomic E-state index is 12.9. The Hall–Kier alpha value is -3.98. The predicted octanol–water partition coefficient (Wildman–Crippen LogP) is 3.87. The fourth-order valence-electron chi connectivity index (χ4n) is 3.47. The first-order valence-corrected chi connectivity index (χ1v) is 10.3. The molecular weight excluding hydrogens is 414 g/mol. The number of rotatable bonds is 4. The summed E-state index contributed by atoms with van der Waals surface area (Å²) in [6.07, 6.45) is 1.44. The highest BCUT2D eigenvalue weighted by Gasteiger charge is 2.18. The summed E-state index contributed by atoms with van der Waals surface area (Å²) in [5, 5.41) is 8.09. The van der Waals surface area contributed by atoms with Gasteiger partial charge >= 0.3 is 0 Å². The van der Waals surface area contributed by atoms with Crippen LogP contribution in [0.25, 0.3) is 27.8 Å². The van der Waals surface area contributed by atoms with E-state index in [4.69, 9.17) is 4.74 Å². The van der Waals surface area contributed by atoms with Gasteiger partial charge in [0.2, 0.25) is 0 Å². The number of hydrogen-bond acceptors (Lipinski definition) is 6. The highest BCUT2D eigenvalue weighted by molar-refractivity contribution is 7.16. The van der Waals surface area contributed by atoms with Crippen molar-refractivity contribution in [1.82, 2.24) is 19.6 Å². The van der Waals surface area contributed by atoms with Gasteiger partial charge in [0.25, 0.3) is 11.5 Å². The maximum Gasteiger partial charge on any atom is 0.262 e. The number of carbonyl (C=O) groups excluding carboxylic acids is 1. The molecule has 8 nitrogen and oxygen atoms in total. The van der Waals surface area contributed by atoms with E-state index in [9.17, 15) is 9.59 Å². The molecule has 1 amide bonds. The highest BCUT2D eigenvalue weighted by atomic mass is 32.1. The van der Waals surface area contributed by atoms with Crippen LogP contribution in [0.1, 0.15) is 15.2 Å². The summed E-state index contributed by atoms with van der Waals surface area (Å²) >= 11 is 1.38. The number of para-hydroxylation sites is 1. The van der Waals surface area contributed by atoms with Crippen LogP contribution >= 0.6 is 11.3 Å². The Kier molecular flexibility index (Phi) is 4.52. The summed E-state index contributed by atoms with van der Waals surface area (Å²) < 4.78 is 6.75. The number of benzene rings is 2. The van der Waals surface area contributed by atoms with Gasteiger partial charge in [0, 0.05) is 10.4 Å². The van der Waals surface area contributed by atoms with Gasteiger partial charge in [-0.2, -0.15) is 5.10 Å². The van der Waals surface area contributed by atoms with Crippen molar-refractivity contribution in [3.05, 3.63) is 75.5 Å². The first-order valence-electron chi connectivity index (χ1n) is 9.47. The number of carbonyl (C=O) groups is 1. The number of nitrogens with one attached hydrogen (secondary N) is 2. The number of aromatic amines is 1. The predicted molar refractivity (Wildman–Crippen MR) is 120 cm³/mol. The van der Waals surface area contributed by atoms with Gasteiger partial charge in [0.15, 0.2) is 5.13 Å². The lowest BCUT2D eigenvalue weighted by Crippen LogP contribution is -2.15. The van der Waals surface area contributed by atoms with Crippen LogP contribution in [0.4, 0.5) is 5.13 Å². The van der Waals surface area contributed by atoms with E-state index in [0.717, 1.165) is 21.9 Å². The third-order valence-corrected chi connectivity index (χ3v) is 5.89. The minimum atomic E-state index is -0.393. The Morgan fingerprint density at radius 1 is 1.16 bits per heavy atom. The second-order valence-electron chi connectivity index (χ2n) is 6.90. The molecule has 0 fully saturated rings. The van der Waals surface area contributed by atoms with Crippen molar-refractivity contribution in [2.24, 2.45) is 0 Å². The van der Waals surface area contributed by atoms with E-state index in [-0.39, 0.29) is 11.1 Å². The second-order valence-corrected chi connectivity index (χ2v) is 8.10. The van der Waals surface area contributed by atoms with Crippen molar-refractivity contribution in [2.45, 2.75) is 6.92 Å². The Bertz CT molecular complexity index is 1500. The van der Waals surface area contributed by atoms with Crippen LogP contribution in [0.2, 0.25) is 0 Å². The van der Waals surface area contributed by atoms with Gasteiger partial charge in [-0.05, 0) is 43.3 Å².